The first-order valence-corrected chi connectivity index (χ1v) is 5.56. The van der Waals surface area contributed by atoms with Gasteiger partial charge in [-0.1, -0.05) is 0 Å². The molecule has 1 aliphatic carbocycles. The number of aryl methyl sites for hydroxylation is 1. The molecule has 4 heteroatoms. The molecule has 0 atom stereocenters. The zero-order valence-corrected chi connectivity index (χ0v) is 9.43. The molecule has 0 amide bonds. The number of nitrogens with zero attached hydrogens (tertiary/aromatic N) is 2. The van der Waals surface area contributed by atoms with Gasteiger partial charge in [0, 0.05) is 16.6 Å². The minimum absolute atomic E-state index is 0.659. The first-order valence-electron chi connectivity index (χ1n) is 4.77. The molecule has 1 aliphatic rings. The van der Waals surface area contributed by atoms with Crippen molar-refractivity contribution in [2.75, 3.05) is 0 Å². The molecule has 0 aliphatic heterocycles. The molecule has 0 bridgehead atoms. The number of nitrogens with one attached hydrogen (secondary N) is 1. The summed E-state index contributed by atoms with van der Waals surface area (Å²) >= 11 is 3.53. The highest BCUT2D eigenvalue weighted by Gasteiger charge is 2.28. The molecular weight excluding hydrogens is 242 g/mol. The fourth-order valence-corrected chi connectivity index (χ4v) is 2.30. The lowest BCUT2D eigenvalue weighted by molar-refractivity contribution is 0.969. The van der Waals surface area contributed by atoms with Crippen molar-refractivity contribution >= 4 is 27.0 Å². The average molecular weight is 252 g/mol. The van der Waals surface area contributed by atoms with Gasteiger partial charge in [-0.3, -0.25) is 0 Å². The Bertz CT molecular complexity index is 499. The van der Waals surface area contributed by atoms with Gasteiger partial charge in [0.05, 0.1) is 11.1 Å². The Morgan fingerprint density at radius 2 is 2.21 bits per heavy atom. The minimum Gasteiger partial charge on any atom is -0.345 e. The standard InChI is InChI=1S/C10H10BrN3/c1-5-13-9(6-2-3-6)8-7(11)4-12-10(8)14-5/h4,6H,2-3H2,1H3,(H,12,13,14). The van der Waals surface area contributed by atoms with E-state index in [-0.39, 0.29) is 0 Å². The van der Waals surface area contributed by atoms with Crippen LogP contribution in [-0.2, 0) is 0 Å². The van der Waals surface area contributed by atoms with Crippen molar-refractivity contribution in [3.05, 3.63) is 22.2 Å². The number of aromatic nitrogens is 3. The average Bonchev–Trinajstić information content (AvgIpc) is 2.92. The number of aromatic amines is 1. The highest BCUT2D eigenvalue weighted by atomic mass is 79.9. The van der Waals surface area contributed by atoms with Crippen LogP contribution in [-0.4, -0.2) is 15.0 Å². The number of rotatable bonds is 1. The molecule has 2 heterocycles. The van der Waals surface area contributed by atoms with Crippen LogP contribution in [0.4, 0.5) is 0 Å². The molecule has 2 aromatic rings. The number of halogens is 1. The Morgan fingerprint density at radius 3 is 2.93 bits per heavy atom. The van der Waals surface area contributed by atoms with Crippen molar-refractivity contribution in [1.29, 1.82) is 0 Å². The van der Waals surface area contributed by atoms with Crippen molar-refractivity contribution in [3.63, 3.8) is 0 Å². The van der Waals surface area contributed by atoms with Crippen molar-refractivity contribution in [3.8, 4) is 0 Å². The predicted octanol–water partition coefficient (Wildman–Crippen LogP) is 2.91. The lowest BCUT2D eigenvalue weighted by atomic mass is 10.2. The summed E-state index contributed by atoms with van der Waals surface area (Å²) in [5, 5.41) is 1.16. The van der Waals surface area contributed by atoms with Gasteiger partial charge >= 0.3 is 0 Å². The fraction of sp³-hybridized carbons (Fsp3) is 0.400. The van der Waals surface area contributed by atoms with E-state index in [9.17, 15) is 0 Å². The molecule has 2 aromatic heterocycles. The van der Waals surface area contributed by atoms with Gasteiger partial charge < -0.3 is 4.98 Å². The Hall–Kier alpha value is -0.900. The van der Waals surface area contributed by atoms with Crippen LogP contribution in [0.15, 0.2) is 10.7 Å². The monoisotopic (exact) mass is 251 g/mol. The van der Waals surface area contributed by atoms with E-state index in [4.69, 9.17) is 0 Å². The quantitative estimate of drug-likeness (QED) is 0.847. The Balaban J connectivity index is 2.37. The van der Waals surface area contributed by atoms with Crippen LogP contribution in [0.1, 0.15) is 30.3 Å². The number of H-pyrrole nitrogens is 1. The molecule has 0 radical (unpaired) electrons. The topological polar surface area (TPSA) is 41.6 Å². The molecule has 72 valence electrons. The summed E-state index contributed by atoms with van der Waals surface area (Å²) in [6.07, 6.45) is 4.47. The fourth-order valence-electron chi connectivity index (χ4n) is 1.79. The van der Waals surface area contributed by atoms with E-state index in [1.807, 2.05) is 13.1 Å². The second kappa shape index (κ2) is 2.79. The summed E-state index contributed by atoms with van der Waals surface area (Å²) in [6, 6.07) is 0. The first kappa shape index (κ1) is 8.41. The van der Waals surface area contributed by atoms with E-state index in [0.717, 1.165) is 21.3 Å². The molecule has 14 heavy (non-hydrogen) atoms. The molecule has 0 aromatic carbocycles. The zero-order valence-electron chi connectivity index (χ0n) is 7.84. The zero-order chi connectivity index (χ0) is 9.71. The second-order valence-electron chi connectivity index (χ2n) is 3.79. The molecule has 1 fully saturated rings. The number of fused-ring (bicyclic) bond motifs is 1. The van der Waals surface area contributed by atoms with Gasteiger partial charge in [-0.15, -0.1) is 0 Å². The number of hydrogen-bond donors (Lipinski definition) is 1. The van der Waals surface area contributed by atoms with Crippen molar-refractivity contribution in [1.82, 2.24) is 15.0 Å². The van der Waals surface area contributed by atoms with Gasteiger partial charge in [0.25, 0.3) is 0 Å². The lowest BCUT2D eigenvalue weighted by Crippen LogP contribution is -1.95. The van der Waals surface area contributed by atoms with Crippen LogP contribution in [0.2, 0.25) is 0 Å². The molecule has 0 saturated heterocycles. The minimum atomic E-state index is 0.659. The maximum atomic E-state index is 4.54. The van der Waals surface area contributed by atoms with Crippen molar-refractivity contribution in [2.45, 2.75) is 25.7 Å². The van der Waals surface area contributed by atoms with Crippen molar-refractivity contribution in [2.24, 2.45) is 0 Å². The van der Waals surface area contributed by atoms with Crippen LogP contribution in [0.5, 0.6) is 0 Å². The molecule has 1 N–H and O–H groups in total. The predicted molar refractivity (Wildman–Crippen MR) is 58.3 cm³/mol. The van der Waals surface area contributed by atoms with Crippen LogP contribution < -0.4 is 0 Å². The van der Waals surface area contributed by atoms with Gasteiger partial charge in [-0.2, -0.15) is 0 Å². The van der Waals surface area contributed by atoms with E-state index < -0.39 is 0 Å². The molecule has 0 unspecified atom stereocenters. The smallest absolute Gasteiger partial charge is 0.142 e. The van der Waals surface area contributed by atoms with E-state index in [2.05, 4.69) is 30.9 Å². The first-order chi connectivity index (χ1) is 6.75. The van der Waals surface area contributed by atoms with E-state index in [0.29, 0.717) is 5.92 Å². The Kier molecular flexibility index (Phi) is 1.68. The molecule has 1 saturated carbocycles. The summed E-state index contributed by atoms with van der Waals surface area (Å²) in [4.78, 5) is 12.1. The van der Waals surface area contributed by atoms with Crippen molar-refractivity contribution < 1.29 is 0 Å². The Labute approximate surface area is 90.1 Å². The molecule has 0 spiro atoms. The Morgan fingerprint density at radius 1 is 1.43 bits per heavy atom. The SMILES string of the molecule is Cc1nc(C2CC2)c2c(Br)c[nH]c2n1. The highest BCUT2D eigenvalue weighted by molar-refractivity contribution is 9.10. The maximum Gasteiger partial charge on any atom is 0.142 e. The summed E-state index contributed by atoms with van der Waals surface area (Å²) in [7, 11) is 0. The third-order valence-electron chi connectivity index (χ3n) is 2.59. The van der Waals surface area contributed by atoms with Gasteiger partial charge in [0.1, 0.15) is 11.5 Å². The summed E-state index contributed by atoms with van der Waals surface area (Å²) in [6.45, 7) is 1.94. The third kappa shape index (κ3) is 1.17. The number of hydrogen-bond acceptors (Lipinski definition) is 2. The van der Waals surface area contributed by atoms with Gasteiger partial charge in [0.15, 0.2) is 0 Å². The molecule has 3 rings (SSSR count). The summed E-state index contributed by atoms with van der Waals surface area (Å²) < 4.78 is 1.08. The lowest BCUT2D eigenvalue weighted by Gasteiger charge is -2.01. The maximum absolute atomic E-state index is 4.54. The highest BCUT2D eigenvalue weighted by Crippen LogP contribution is 2.43. The van der Waals surface area contributed by atoms with Crippen LogP contribution in [0.3, 0.4) is 0 Å². The summed E-state index contributed by atoms with van der Waals surface area (Å²) in [5.41, 5.74) is 2.16. The normalized spacial score (nSPS) is 16.4. The molecular formula is C10H10BrN3. The second-order valence-corrected chi connectivity index (χ2v) is 4.64. The third-order valence-corrected chi connectivity index (χ3v) is 3.21. The van der Waals surface area contributed by atoms with Crippen LogP contribution >= 0.6 is 15.9 Å². The van der Waals surface area contributed by atoms with Gasteiger partial charge in [0.2, 0.25) is 0 Å². The summed E-state index contributed by atoms with van der Waals surface area (Å²) in [5.74, 6) is 1.51. The van der Waals surface area contributed by atoms with E-state index in [1.165, 1.54) is 18.5 Å². The van der Waals surface area contributed by atoms with Gasteiger partial charge in [-0.25, -0.2) is 9.97 Å². The van der Waals surface area contributed by atoms with Crippen LogP contribution in [0.25, 0.3) is 11.0 Å². The van der Waals surface area contributed by atoms with Crippen LogP contribution in [0, 0.1) is 6.92 Å². The molecule has 3 nitrogen and oxygen atoms in total. The largest absolute Gasteiger partial charge is 0.345 e. The van der Waals surface area contributed by atoms with E-state index in [1.54, 1.807) is 0 Å². The van der Waals surface area contributed by atoms with Gasteiger partial charge in [-0.05, 0) is 35.7 Å². The van der Waals surface area contributed by atoms with E-state index >= 15 is 0 Å².